The number of hydrogen-bond donors (Lipinski definition) is 0. The lowest BCUT2D eigenvalue weighted by Crippen LogP contribution is -2.06. The third-order valence-electron chi connectivity index (χ3n) is 4.60. The van der Waals surface area contributed by atoms with Gasteiger partial charge in [0.2, 0.25) is 0 Å². The van der Waals surface area contributed by atoms with Gasteiger partial charge in [-0.05, 0) is 26.0 Å². The van der Waals surface area contributed by atoms with Gasteiger partial charge in [-0.1, -0.05) is 17.7 Å². The van der Waals surface area contributed by atoms with E-state index in [0.29, 0.717) is 22.6 Å². The largest absolute Gasteiger partial charge is 0.469 e. The minimum absolute atomic E-state index is 0.0733. The standard InChI is InChI=1S/C19H18N6O4/c1-10-5-7-12(8-6-10)24-18-16(13(23-24)9-14(26)28-3)20-21-17-15(19(27)29-4)11(2)22-25(17)18/h5-8H,9H2,1-4H3. The normalized spacial score (nSPS) is 11.2. The number of hydrogen-bond acceptors (Lipinski definition) is 8. The Morgan fingerprint density at radius 1 is 1.00 bits per heavy atom. The number of aryl methyl sites for hydroxylation is 2. The van der Waals surface area contributed by atoms with Gasteiger partial charge in [-0.3, -0.25) is 4.79 Å². The average molecular weight is 394 g/mol. The van der Waals surface area contributed by atoms with Crippen molar-refractivity contribution in [1.29, 1.82) is 0 Å². The molecule has 4 rings (SSSR count). The molecule has 4 aromatic rings. The third-order valence-corrected chi connectivity index (χ3v) is 4.60. The van der Waals surface area contributed by atoms with Gasteiger partial charge < -0.3 is 9.47 Å². The van der Waals surface area contributed by atoms with Crippen LogP contribution in [0, 0.1) is 13.8 Å². The van der Waals surface area contributed by atoms with E-state index in [2.05, 4.69) is 20.4 Å². The molecule has 29 heavy (non-hydrogen) atoms. The second-order valence-corrected chi connectivity index (χ2v) is 6.51. The molecule has 0 amide bonds. The van der Waals surface area contributed by atoms with Crippen LogP contribution in [0.3, 0.4) is 0 Å². The van der Waals surface area contributed by atoms with Crippen molar-refractivity contribution in [3.63, 3.8) is 0 Å². The van der Waals surface area contributed by atoms with Crippen molar-refractivity contribution in [2.45, 2.75) is 20.3 Å². The van der Waals surface area contributed by atoms with E-state index >= 15 is 0 Å². The predicted molar refractivity (Wildman–Crippen MR) is 102 cm³/mol. The summed E-state index contributed by atoms with van der Waals surface area (Å²) < 4.78 is 12.7. The van der Waals surface area contributed by atoms with Gasteiger partial charge in [-0.2, -0.15) is 14.7 Å². The molecular formula is C19H18N6O4. The maximum atomic E-state index is 12.2. The van der Waals surface area contributed by atoms with E-state index in [1.54, 1.807) is 11.6 Å². The molecule has 0 atom stereocenters. The molecule has 0 bridgehead atoms. The molecule has 0 aliphatic carbocycles. The number of ether oxygens (including phenoxy) is 2. The van der Waals surface area contributed by atoms with E-state index in [9.17, 15) is 9.59 Å². The third kappa shape index (κ3) is 2.98. The molecule has 3 heterocycles. The van der Waals surface area contributed by atoms with E-state index in [-0.39, 0.29) is 17.6 Å². The SMILES string of the molecule is COC(=O)Cc1nn(-c2ccc(C)cc2)c2c1nnc1c(C(=O)OC)c(C)nn12. The Kier molecular flexibility index (Phi) is 4.45. The van der Waals surface area contributed by atoms with Crippen LogP contribution in [0.25, 0.3) is 22.5 Å². The number of rotatable bonds is 4. The van der Waals surface area contributed by atoms with E-state index in [1.807, 2.05) is 31.2 Å². The first-order valence-corrected chi connectivity index (χ1v) is 8.80. The second-order valence-electron chi connectivity index (χ2n) is 6.51. The Labute approximate surface area is 165 Å². The van der Waals surface area contributed by atoms with Crippen molar-refractivity contribution in [3.8, 4) is 5.69 Å². The predicted octanol–water partition coefficient (Wildman–Crippen LogP) is 1.58. The summed E-state index contributed by atoms with van der Waals surface area (Å²) in [7, 11) is 2.60. The summed E-state index contributed by atoms with van der Waals surface area (Å²) in [6.45, 7) is 3.67. The summed E-state index contributed by atoms with van der Waals surface area (Å²) in [5.41, 5.74) is 4.04. The minimum Gasteiger partial charge on any atom is -0.469 e. The maximum Gasteiger partial charge on any atom is 0.343 e. The van der Waals surface area contributed by atoms with Gasteiger partial charge in [0.1, 0.15) is 11.3 Å². The molecule has 0 spiro atoms. The Morgan fingerprint density at radius 2 is 1.72 bits per heavy atom. The molecule has 1 aromatic carbocycles. The van der Waals surface area contributed by atoms with Gasteiger partial charge in [-0.15, -0.1) is 10.2 Å². The lowest BCUT2D eigenvalue weighted by Gasteiger charge is -2.04. The summed E-state index contributed by atoms with van der Waals surface area (Å²) in [6.07, 6.45) is -0.0733. The molecular weight excluding hydrogens is 376 g/mol. The average Bonchev–Trinajstić information content (AvgIpc) is 3.25. The van der Waals surface area contributed by atoms with Gasteiger partial charge >= 0.3 is 11.9 Å². The second kappa shape index (κ2) is 6.97. The fraction of sp³-hybridized carbons (Fsp3) is 0.263. The van der Waals surface area contributed by atoms with E-state index in [1.165, 1.54) is 18.7 Å². The summed E-state index contributed by atoms with van der Waals surface area (Å²) >= 11 is 0. The lowest BCUT2D eigenvalue weighted by atomic mass is 10.2. The van der Waals surface area contributed by atoms with Gasteiger partial charge in [0.15, 0.2) is 16.8 Å². The molecule has 0 unspecified atom stereocenters. The van der Waals surface area contributed by atoms with Crippen molar-refractivity contribution < 1.29 is 19.1 Å². The highest BCUT2D eigenvalue weighted by Gasteiger charge is 2.25. The molecule has 0 saturated carbocycles. The van der Waals surface area contributed by atoms with Crippen molar-refractivity contribution in [2.75, 3.05) is 14.2 Å². The number of carbonyl (C=O) groups is 2. The Hall–Kier alpha value is -3.82. The number of fused-ring (bicyclic) bond motifs is 3. The number of carbonyl (C=O) groups excluding carboxylic acids is 2. The van der Waals surface area contributed by atoms with Crippen molar-refractivity contribution in [3.05, 3.63) is 46.8 Å². The summed E-state index contributed by atoms with van der Waals surface area (Å²) in [5.74, 6) is -1.00. The fourth-order valence-electron chi connectivity index (χ4n) is 3.12. The smallest absolute Gasteiger partial charge is 0.343 e. The van der Waals surface area contributed by atoms with Crippen LogP contribution >= 0.6 is 0 Å². The van der Waals surface area contributed by atoms with Gasteiger partial charge in [0, 0.05) is 0 Å². The zero-order valence-electron chi connectivity index (χ0n) is 16.3. The zero-order valence-corrected chi connectivity index (χ0v) is 16.3. The Balaban J connectivity index is 2.06. The number of nitrogens with zero attached hydrogens (tertiary/aromatic N) is 6. The maximum absolute atomic E-state index is 12.2. The van der Waals surface area contributed by atoms with Gasteiger partial charge in [0.25, 0.3) is 0 Å². The molecule has 0 saturated heterocycles. The van der Waals surface area contributed by atoms with Gasteiger partial charge in [-0.25, -0.2) is 9.48 Å². The lowest BCUT2D eigenvalue weighted by molar-refractivity contribution is -0.139. The van der Waals surface area contributed by atoms with Crippen LogP contribution in [0.15, 0.2) is 24.3 Å². The summed E-state index contributed by atoms with van der Waals surface area (Å²) in [6, 6.07) is 7.69. The van der Waals surface area contributed by atoms with E-state index in [4.69, 9.17) is 9.47 Å². The number of aromatic nitrogens is 6. The van der Waals surface area contributed by atoms with Crippen LogP contribution in [0.1, 0.15) is 27.3 Å². The van der Waals surface area contributed by atoms with Crippen LogP contribution in [-0.4, -0.2) is 55.8 Å². The molecule has 0 radical (unpaired) electrons. The van der Waals surface area contributed by atoms with Crippen LogP contribution in [-0.2, 0) is 20.7 Å². The first-order chi connectivity index (χ1) is 13.9. The quantitative estimate of drug-likeness (QED) is 0.480. The fourth-order valence-corrected chi connectivity index (χ4v) is 3.12. The summed E-state index contributed by atoms with van der Waals surface area (Å²) in [4.78, 5) is 24.1. The molecule has 10 heteroatoms. The molecule has 10 nitrogen and oxygen atoms in total. The Morgan fingerprint density at radius 3 is 2.38 bits per heavy atom. The molecule has 0 fully saturated rings. The Bertz CT molecular complexity index is 1260. The first-order valence-electron chi connectivity index (χ1n) is 8.80. The highest BCUT2D eigenvalue weighted by atomic mass is 16.5. The molecule has 0 aliphatic rings. The number of benzene rings is 1. The topological polar surface area (TPSA) is 114 Å². The zero-order chi connectivity index (χ0) is 20.7. The highest BCUT2D eigenvalue weighted by Crippen LogP contribution is 2.24. The van der Waals surface area contributed by atoms with Crippen LogP contribution in [0.4, 0.5) is 0 Å². The van der Waals surface area contributed by atoms with Crippen LogP contribution in [0.5, 0.6) is 0 Å². The molecule has 3 aromatic heterocycles. The molecule has 148 valence electrons. The minimum atomic E-state index is -0.553. The van der Waals surface area contributed by atoms with Crippen LogP contribution < -0.4 is 0 Å². The first kappa shape index (κ1) is 18.5. The van der Waals surface area contributed by atoms with E-state index < -0.39 is 11.9 Å². The number of esters is 2. The van der Waals surface area contributed by atoms with Crippen molar-refractivity contribution in [1.82, 2.24) is 29.6 Å². The molecule has 0 N–H and O–H groups in total. The van der Waals surface area contributed by atoms with E-state index in [0.717, 1.165) is 11.3 Å². The summed E-state index contributed by atoms with van der Waals surface area (Å²) in [5, 5.41) is 17.4. The van der Waals surface area contributed by atoms with Crippen molar-refractivity contribution in [2.24, 2.45) is 0 Å². The van der Waals surface area contributed by atoms with Crippen LogP contribution in [0.2, 0.25) is 0 Å². The molecule has 0 aliphatic heterocycles. The monoisotopic (exact) mass is 394 g/mol. The highest BCUT2D eigenvalue weighted by molar-refractivity contribution is 5.98. The van der Waals surface area contributed by atoms with Gasteiger partial charge in [0.05, 0.1) is 32.0 Å². The van der Waals surface area contributed by atoms with Crippen molar-refractivity contribution >= 4 is 28.7 Å². The number of methoxy groups -OCH3 is 2.